The van der Waals surface area contributed by atoms with Crippen molar-refractivity contribution < 1.29 is 14.6 Å². The molecule has 23 heavy (non-hydrogen) atoms. The van der Waals surface area contributed by atoms with Crippen LogP contribution in [0.3, 0.4) is 0 Å². The van der Waals surface area contributed by atoms with Crippen LogP contribution in [0.15, 0.2) is 34.9 Å². The van der Waals surface area contributed by atoms with Crippen molar-refractivity contribution in [2.24, 2.45) is 0 Å². The minimum atomic E-state index is -0.850. The molecule has 0 aromatic rings. The van der Waals surface area contributed by atoms with Crippen molar-refractivity contribution in [1.29, 1.82) is 0 Å². The molecule has 3 heteroatoms. The lowest BCUT2D eigenvalue weighted by molar-refractivity contribution is 0.0487. The molecule has 3 rings (SSSR count). The summed E-state index contributed by atoms with van der Waals surface area (Å²) in [6, 6.07) is 0. The summed E-state index contributed by atoms with van der Waals surface area (Å²) >= 11 is 0. The molecule has 1 aliphatic carbocycles. The van der Waals surface area contributed by atoms with E-state index in [-0.39, 0.29) is 11.7 Å². The summed E-state index contributed by atoms with van der Waals surface area (Å²) in [5.74, 6) is 0. The zero-order chi connectivity index (χ0) is 16.7. The fraction of sp³-hybridized carbons (Fsp3) is 0.700. The predicted octanol–water partition coefficient (Wildman–Crippen LogP) is 4.08. The van der Waals surface area contributed by atoms with E-state index < -0.39 is 5.60 Å². The van der Waals surface area contributed by atoms with Crippen LogP contribution in [0.1, 0.15) is 59.8 Å². The van der Waals surface area contributed by atoms with Crippen LogP contribution in [0.4, 0.5) is 0 Å². The SMILES string of the molecule is CC1=CCCC2(C)OC2CCC(C)=CC2OCC(C)(O)C2=CC1. The second kappa shape index (κ2) is 6.19. The van der Waals surface area contributed by atoms with Gasteiger partial charge in [-0.2, -0.15) is 0 Å². The molecular formula is C20H30O3. The third-order valence-electron chi connectivity index (χ3n) is 5.52. The Kier molecular flexibility index (Phi) is 4.56. The Bertz CT molecular complexity index is 555. The quantitative estimate of drug-likeness (QED) is 0.540. The molecule has 2 heterocycles. The first-order valence-electron chi connectivity index (χ1n) is 8.85. The first-order valence-corrected chi connectivity index (χ1v) is 8.85. The number of hydrogen-bond acceptors (Lipinski definition) is 3. The third kappa shape index (κ3) is 3.78. The van der Waals surface area contributed by atoms with Crippen molar-refractivity contribution in [1.82, 2.24) is 0 Å². The van der Waals surface area contributed by atoms with Gasteiger partial charge in [0, 0.05) is 0 Å². The first kappa shape index (κ1) is 16.9. The Morgan fingerprint density at radius 2 is 1.96 bits per heavy atom. The lowest BCUT2D eigenvalue weighted by Crippen LogP contribution is -2.27. The highest BCUT2D eigenvalue weighted by Crippen LogP contribution is 2.44. The molecule has 2 aliphatic heterocycles. The van der Waals surface area contributed by atoms with E-state index in [2.05, 4.69) is 39.0 Å². The molecule has 3 nitrogen and oxygen atoms in total. The summed E-state index contributed by atoms with van der Waals surface area (Å²) in [5, 5.41) is 10.6. The molecule has 4 atom stereocenters. The predicted molar refractivity (Wildman–Crippen MR) is 92.3 cm³/mol. The van der Waals surface area contributed by atoms with E-state index in [4.69, 9.17) is 9.47 Å². The highest BCUT2D eigenvalue weighted by molar-refractivity contribution is 5.31. The lowest BCUT2D eigenvalue weighted by Gasteiger charge is -2.18. The van der Waals surface area contributed by atoms with Crippen molar-refractivity contribution in [2.75, 3.05) is 6.61 Å². The summed E-state index contributed by atoms with van der Waals surface area (Å²) in [6.07, 6.45) is 12.1. The Morgan fingerprint density at radius 1 is 1.17 bits per heavy atom. The van der Waals surface area contributed by atoms with E-state index in [1.54, 1.807) is 0 Å². The number of epoxide rings is 1. The lowest BCUT2D eigenvalue weighted by atomic mass is 9.90. The molecule has 0 bridgehead atoms. The molecule has 0 aromatic heterocycles. The highest BCUT2D eigenvalue weighted by atomic mass is 16.6. The van der Waals surface area contributed by atoms with Gasteiger partial charge in [0.1, 0.15) is 5.60 Å². The van der Waals surface area contributed by atoms with Crippen LogP contribution >= 0.6 is 0 Å². The topological polar surface area (TPSA) is 42.0 Å². The standard InChI is InChI=1S/C20H30O3/c1-14-6-5-11-20(4)18(23-20)10-8-15(2)12-17-16(9-7-14)19(3,21)13-22-17/h6,9,12,17-18,21H,5,7-8,10-11,13H2,1-4H3. The molecule has 0 radical (unpaired) electrons. The molecule has 0 saturated carbocycles. The van der Waals surface area contributed by atoms with Crippen LogP contribution in [0, 0.1) is 0 Å². The van der Waals surface area contributed by atoms with E-state index in [0.717, 1.165) is 37.7 Å². The third-order valence-corrected chi connectivity index (χ3v) is 5.52. The van der Waals surface area contributed by atoms with Crippen LogP contribution in [-0.2, 0) is 9.47 Å². The summed E-state index contributed by atoms with van der Waals surface area (Å²) < 4.78 is 11.8. The largest absolute Gasteiger partial charge is 0.383 e. The van der Waals surface area contributed by atoms with Crippen molar-refractivity contribution in [3.8, 4) is 0 Å². The average molecular weight is 318 g/mol. The molecule has 4 unspecified atom stereocenters. The van der Waals surface area contributed by atoms with Gasteiger partial charge < -0.3 is 14.6 Å². The van der Waals surface area contributed by atoms with Gasteiger partial charge in [0.05, 0.1) is 24.4 Å². The molecule has 0 aromatic carbocycles. The van der Waals surface area contributed by atoms with E-state index >= 15 is 0 Å². The number of fused-ring (bicyclic) bond motifs is 2. The van der Waals surface area contributed by atoms with Gasteiger partial charge in [-0.1, -0.05) is 29.4 Å². The fourth-order valence-electron chi connectivity index (χ4n) is 3.74. The van der Waals surface area contributed by atoms with E-state index in [1.165, 1.54) is 11.1 Å². The average Bonchev–Trinajstić information content (AvgIpc) is 3.02. The van der Waals surface area contributed by atoms with Gasteiger partial charge in [0.2, 0.25) is 0 Å². The Hall–Kier alpha value is -0.900. The minimum absolute atomic E-state index is 0.0791. The zero-order valence-corrected chi connectivity index (χ0v) is 14.9. The normalized spacial score (nSPS) is 41.9. The molecule has 2 fully saturated rings. The van der Waals surface area contributed by atoms with Crippen LogP contribution < -0.4 is 0 Å². The van der Waals surface area contributed by atoms with Crippen LogP contribution in [0.5, 0.6) is 0 Å². The second-order valence-corrected chi connectivity index (χ2v) is 7.93. The highest BCUT2D eigenvalue weighted by Gasteiger charge is 2.50. The maximum Gasteiger partial charge on any atom is 0.109 e. The van der Waals surface area contributed by atoms with Crippen LogP contribution in [0.2, 0.25) is 0 Å². The van der Waals surface area contributed by atoms with E-state index in [9.17, 15) is 5.11 Å². The fourth-order valence-corrected chi connectivity index (χ4v) is 3.74. The van der Waals surface area contributed by atoms with Crippen molar-refractivity contribution in [2.45, 2.75) is 83.2 Å². The first-order chi connectivity index (χ1) is 10.8. The molecule has 2 saturated heterocycles. The van der Waals surface area contributed by atoms with Crippen molar-refractivity contribution >= 4 is 0 Å². The number of rotatable bonds is 0. The van der Waals surface area contributed by atoms with Crippen molar-refractivity contribution in [3.05, 3.63) is 34.9 Å². The Morgan fingerprint density at radius 3 is 2.74 bits per heavy atom. The molecule has 128 valence electrons. The van der Waals surface area contributed by atoms with Gasteiger partial charge in [-0.3, -0.25) is 0 Å². The molecule has 1 N–H and O–H groups in total. The number of allylic oxidation sites excluding steroid dienone is 4. The summed E-state index contributed by atoms with van der Waals surface area (Å²) in [5.41, 5.74) is 2.90. The van der Waals surface area contributed by atoms with Gasteiger partial charge in [-0.05, 0) is 65.4 Å². The number of ether oxygens (including phenoxy) is 2. The van der Waals surface area contributed by atoms with Crippen LogP contribution in [-0.4, -0.2) is 35.1 Å². The zero-order valence-electron chi connectivity index (χ0n) is 14.9. The van der Waals surface area contributed by atoms with Crippen LogP contribution in [0.25, 0.3) is 0 Å². The van der Waals surface area contributed by atoms with E-state index in [1.807, 2.05) is 6.92 Å². The van der Waals surface area contributed by atoms with Gasteiger partial charge >= 0.3 is 0 Å². The minimum Gasteiger partial charge on any atom is -0.383 e. The monoisotopic (exact) mass is 318 g/mol. The molecular weight excluding hydrogens is 288 g/mol. The smallest absolute Gasteiger partial charge is 0.109 e. The Labute approximate surface area is 140 Å². The van der Waals surface area contributed by atoms with Gasteiger partial charge in [0.25, 0.3) is 0 Å². The van der Waals surface area contributed by atoms with Gasteiger partial charge in [-0.25, -0.2) is 0 Å². The van der Waals surface area contributed by atoms with E-state index in [0.29, 0.717) is 12.7 Å². The maximum absolute atomic E-state index is 10.6. The van der Waals surface area contributed by atoms with Gasteiger partial charge in [-0.15, -0.1) is 0 Å². The molecule has 3 aliphatic rings. The second-order valence-electron chi connectivity index (χ2n) is 7.93. The summed E-state index contributed by atoms with van der Waals surface area (Å²) in [7, 11) is 0. The molecule has 0 amide bonds. The number of hydrogen-bond donors (Lipinski definition) is 1. The molecule has 0 spiro atoms. The van der Waals surface area contributed by atoms with Gasteiger partial charge in [0.15, 0.2) is 0 Å². The summed E-state index contributed by atoms with van der Waals surface area (Å²) in [6.45, 7) is 8.79. The summed E-state index contributed by atoms with van der Waals surface area (Å²) in [4.78, 5) is 0. The number of aliphatic hydroxyl groups is 1. The maximum atomic E-state index is 10.6. The Balaban J connectivity index is 1.83. The van der Waals surface area contributed by atoms with Crippen molar-refractivity contribution in [3.63, 3.8) is 0 Å².